The van der Waals surface area contributed by atoms with E-state index in [1.807, 2.05) is 0 Å². The summed E-state index contributed by atoms with van der Waals surface area (Å²) >= 11 is 7.02. The van der Waals surface area contributed by atoms with Crippen molar-refractivity contribution in [3.63, 3.8) is 0 Å². The van der Waals surface area contributed by atoms with Gasteiger partial charge in [-0.15, -0.1) is 11.3 Å². The predicted molar refractivity (Wildman–Crippen MR) is 64.4 cm³/mol. The molecular weight excluding hydrogens is 266 g/mol. The standard InChI is InChI=1S/C12H9ClF2OS/c13-8-5-11(17-6-8)10(16)4-7-2-1-3-9(14)12(7)15/h1-3,5-6,10,16H,4H2. The van der Waals surface area contributed by atoms with E-state index in [1.54, 1.807) is 11.4 Å². The smallest absolute Gasteiger partial charge is 0.162 e. The van der Waals surface area contributed by atoms with Crippen molar-refractivity contribution in [2.45, 2.75) is 12.5 Å². The molecule has 0 amide bonds. The highest BCUT2D eigenvalue weighted by Crippen LogP contribution is 2.28. The topological polar surface area (TPSA) is 20.2 Å². The third-order valence-electron chi connectivity index (χ3n) is 2.36. The lowest BCUT2D eigenvalue weighted by atomic mass is 10.1. The fourth-order valence-corrected chi connectivity index (χ4v) is 2.59. The average molecular weight is 275 g/mol. The number of benzene rings is 1. The van der Waals surface area contributed by atoms with Crippen LogP contribution in [0.1, 0.15) is 16.5 Å². The molecule has 1 unspecified atom stereocenters. The molecule has 0 radical (unpaired) electrons. The van der Waals surface area contributed by atoms with Gasteiger partial charge in [0.15, 0.2) is 11.6 Å². The first-order valence-electron chi connectivity index (χ1n) is 4.93. The van der Waals surface area contributed by atoms with Crippen molar-refractivity contribution in [2.24, 2.45) is 0 Å². The molecule has 1 aromatic carbocycles. The van der Waals surface area contributed by atoms with Gasteiger partial charge in [-0.1, -0.05) is 23.7 Å². The minimum absolute atomic E-state index is 0.0282. The summed E-state index contributed by atoms with van der Waals surface area (Å²) in [7, 11) is 0. The fraction of sp³-hybridized carbons (Fsp3) is 0.167. The lowest BCUT2D eigenvalue weighted by Crippen LogP contribution is -2.03. The SMILES string of the molecule is OC(Cc1cccc(F)c1F)c1cc(Cl)cs1. The Morgan fingerprint density at radius 2 is 2.12 bits per heavy atom. The Kier molecular flexibility index (Phi) is 3.76. The van der Waals surface area contributed by atoms with E-state index in [9.17, 15) is 13.9 Å². The van der Waals surface area contributed by atoms with Gasteiger partial charge in [0.05, 0.1) is 11.1 Å². The van der Waals surface area contributed by atoms with Gasteiger partial charge in [0.1, 0.15) is 0 Å². The van der Waals surface area contributed by atoms with Crippen LogP contribution in [-0.2, 0) is 6.42 Å². The van der Waals surface area contributed by atoms with Gasteiger partial charge in [-0.25, -0.2) is 8.78 Å². The van der Waals surface area contributed by atoms with Gasteiger partial charge in [0.2, 0.25) is 0 Å². The molecule has 1 atom stereocenters. The second-order valence-electron chi connectivity index (χ2n) is 3.60. The van der Waals surface area contributed by atoms with Crippen molar-refractivity contribution in [3.05, 3.63) is 56.7 Å². The van der Waals surface area contributed by atoms with Crippen LogP contribution in [0.4, 0.5) is 8.78 Å². The number of hydrogen-bond acceptors (Lipinski definition) is 2. The maximum absolute atomic E-state index is 13.4. The molecule has 0 aliphatic carbocycles. The molecule has 1 nitrogen and oxygen atoms in total. The van der Waals surface area contributed by atoms with Crippen LogP contribution in [-0.4, -0.2) is 5.11 Å². The summed E-state index contributed by atoms with van der Waals surface area (Å²) in [5, 5.41) is 12.1. The van der Waals surface area contributed by atoms with Gasteiger partial charge in [0.25, 0.3) is 0 Å². The Bertz CT molecular complexity index is 527. The number of halogens is 3. The molecule has 0 saturated heterocycles. The second kappa shape index (κ2) is 5.12. The summed E-state index contributed by atoms with van der Waals surface area (Å²) in [6, 6.07) is 5.54. The molecular formula is C12H9ClF2OS. The van der Waals surface area contributed by atoms with Crippen LogP contribution in [0.15, 0.2) is 29.6 Å². The third kappa shape index (κ3) is 2.83. The van der Waals surface area contributed by atoms with E-state index in [2.05, 4.69) is 0 Å². The van der Waals surface area contributed by atoms with Crippen molar-refractivity contribution < 1.29 is 13.9 Å². The molecule has 0 saturated carbocycles. The maximum Gasteiger partial charge on any atom is 0.162 e. The van der Waals surface area contributed by atoms with Crippen molar-refractivity contribution >= 4 is 22.9 Å². The molecule has 2 aromatic rings. The van der Waals surface area contributed by atoms with E-state index >= 15 is 0 Å². The highest BCUT2D eigenvalue weighted by molar-refractivity contribution is 7.10. The van der Waals surface area contributed by atoms with Gasteiger partial charge in [-0.3, -0.25) is 0 Å². The molecule has 0 fully saturated rings. The largest absolute Gasteiger partial charge is 0.387 e. The summed E-state index contributed by atoms with van der Waals surface area (Å²) < 4.78 is 26.3. The molecule has 1 heterocycles. The molecule has 17 heavy (non-hydrogen) atoms. The number of rotatable bonds is 3. The minimum Gasteiger partial charge on any atom is -0.387 e. The predicted octanol–water partition coefficient (Wildman–Crippen LogP) is 3.96. The van der Waals surface area contributed by atoms with E-state index in [0.29, 0.717) is 9.90 Å². The zero-order valence-corrected chi connectivity index (χ0v) is 10.2. The summed E-state index contributed by atoms with van der Waals surface area (Å²) in [6.07, 6.45) is -0.843. The molecule has 0 aliphatic heterocycles. The Balaban J connectivity index is 2.18. The zero-order valence-electron chi connectivity index (χ0n) is 8.66. The Morgan fingerprint density at radius 1 is 1.35 bits per heavy atom. The van der Waals surface area contributed by atoms with Crippen LogP contribution in [0.5, 0.6) is 0 Å². The first-order valence-corrected chi connectivity index (χ1v) is 6.18. The molecule has 0 bridgehead atoms. The van der Waals surface area contributed by atoms with Crippen molar-refractivity contribution in [1.29, 1.82) is 0 Å². The van der Waals surface area contributed by atoms with Crippen LogP contribution in [0.2, 0.25) is 5.02 Å². The number of aliphatic hydroxyl groups excluding tert-OH is 1. The minimum atomic E-state index is -0.908. The van der Waals surface area contributed by atoms with E-state index in [0.717, 1.165) is 6.07 Å². The quantitative estimate of drug-likeness (QED) is 0.898. The number of hydrogen-bond donors (Lipinski definition) is 1. The van der Waals surface area contributed by atoms with Gasteiger partial charge in [0, 0.05) is 16.7 Å². The van der Waals surface area contributed by atoms with E-state index in [4.69, 9.17) is 11.6 Å². The van der Waals surface area contributed by atoms with E-state index in [-0.39, 0.29) is 12.0 Å². The molecule has 2 rings (SSSR count). The van der Waals surface area contributed by atoms with Crippen molar-refractivity contribution in [3.8, 4) is 0 Å². The van der Waals surface area contributed by atoms with Crippen LogP contribution >= 0.6 is 22.9 Å². The second-order valence-corrected chi connectivity index (χ2v) is 4.98. The molecule has 0 aliphatic rings. The zero-order chi connectivity index (χ0) is 12.4. The van der Waals surface area contributed by atoms with Gasteiger partial charge in [-0.05, 0) is 17.7 Å². The van der Waals surface area contributed by atoms with E-state index < -0.39 is 17.7 Å². The van der Waals surface area contributed by atoms with E-state index in [1.165, 1.54) is 23.5 Å². The lowest BCUT2D eigenvalue weighted by molar-refractivity contribution is 0.180. The van der Waals surface area contributed by atoms with Gasteiger partial charge in [-0.2, -0.15) is 0 Å². The number of thiophene rings is 1. The van der Waals surface area contributed by atoms with Crippen LogP contribution in [0.25, 0.3) is 0 Å². The molecule has 1 aromatic heterocycles. The van der Waals surface area contributed by atoms with Crippen LogP contribution < -0.4 is 0 Å². The van der Waals surface area contributed by atoms with Gasteiger partial charge < -0.3 is 5.11 Å². The van der Waals surface area contributed by atoms with Crippen LogP contribution in [0.3, 0.4) is 0 Å². The first kappa shape index (κ1) is 12.5. The summed E-state index contributed by atoms with van der Waals surface area (Å²) in [5.41, 5.74) is 0.155. The normalized spacial score (nSPS) is 12.7. The molecule has 90 valence electrons. The lowest BCUT2D eigenvalue weighted by Gasteiger charge is -2.09. The fourth-order valence-electron chi connectivity index (χ4n) is 1.52. The summed E-state index contributed by atoms with van der Waals surface area (Å²) in [6.45, 7) is 0. The van der Waals surface area contributed by atoms with Gasteiger partial charge >= 0.3 is 0 Å². The highest BCUT2D eigenvalue weighted by atomic mass is 35.5. The molecule has 0 spiro atoms. The van der Waals surface area contributed by atoms with Crippen LogP contribution in [0, 0.1) is 11.6 Å². The number of aliphatic hydroxyl groups is 1. The Labute approximate surface area is 106 Å². The first-order chi connectivity index (χ1) is 8.08. The monoisotopic (exact) mass is 274 g/mol. The highest BCUT2D eigenvalue weighted by Gasteiger charge is 2.15. The van der Waals surface area contributed by atoms with Crippen molar-refractivity contribution in [1.82, 2.24) is 0 Å². The summed E-state index contributed by atoms with van der Waals surface area (Å²) in [5.74, 6) is -1.81. The maximum atomic E-state index is 13.4. The molecule has 5 heteroatoms. The van der Waals surface area contributed by atoms with Crippen molar-refractivity contribution in [2.75, 3.05) is 0 Å². The Hall–Kier alpha value is -0.970. The average Bonchev–Trinajstić information content (AvgIpc) is 2.72. The molecule has 1 N–H and O–H groups in total. The Morgan fingerprint density at radius 3 is 2.76 bits per heavy atom. The third-order valence-corrected chi connectivity index (χ3v) is 3.74. The summed E-state index contributed by atoms with van der Waals surface area (Å²) in [4.78, 5) is 0.638.